The Morgan fingerprint density at radius 2 is 1.72 bits per heavy atom. The van der Waals surface area contributed by atoms with Crippen molar-refractivity contribution in [3.8, 4) is 0 Å². The molecule has 1 nitrogen and oxygen atoms in total. The fraction of sp³-hybridized carbons (Fsp3) is 0.0714. The van der Waals surface area contributed by atoms with Crippen LogP contribution in [0.15, 0.2) is 53.4 Å². The Labute approximate surface area is 120 Å². The molecular weight excluding hydrogens is 287 g/mol. The highest BCUT2D eigenvalue weighted by Crippen LogP contribution is 2.27. The van der Waals surface area contributed by atoms with Gasteiger partial charge in [-0.15, -0.1) is 11.8 Å². The zero-order chi connectivity index (χ0) is 13.0. The smallest absolute Gasteiger partial charge is 0.174 e. The van der Waals surface area contributed by atoms with E-state index in [2.05, 4.69) is 0 Å². The molecule has 2 aromatic rings. The molecular formula is C14H10Cl2OS. The third-order valence-electron chi connectivity index (χ3n) is 2.37. The molecule has 0 saturated heterocycles. The summed E-state index contributed by atoms with van der Waals surface area (Å²) in [6, 6.07) is 14.9. The average molecular weight is 297 g/mol. The molecule has 0 aliphatic heterocycles. The zero-order valence-corrected chi connectivity index (χ0v) is 11.7. The van der Waals surface area contributed by atoms with Crippen LogP contribution < -0.4 is 0 Å². The maximum Gasteiger partial charge on any atom is 0.174 e. The van der Waals surface area contributed by atoms with Gasteiger partial charge in [0.25, 0.3) is 0 Å². The lowest BCUT2D eigenvalue weighted by molar-refractivity contribution is 0.102. The second kappa shape index (κ2) is 6.28. The van der Waals surface area contributed by atoms with Crippen LogP contribution in [0.2, 0.25) is 10.0 Å². The van der Waals surface area contributed by atoms with Crippen molar-refractivity contribution < 1.29 is 4.79 Å². The highest BCUT2D eigenvalue weighted by molar-refractivity contribution is 8.00. The SMILES string of the molecule is O=C(CSc1ccccc1)c1cccc(Cl)c1Cl. The summed E-state index contributed by atoms with van der Waals surface area (Å²) in [5.41, 5.74) is 0.479. The van der Waals surface area contributed by atoms with Gasteiger partial charge in [0, 0.05) is 10.5 Å². The first-order valence-electron chi connectivity index (χ1n) is 5.33. The van der Waals surface area contributed by atoms with Crippen LogP contribution in [0.4, 0.5) is 0 Å². The molecule has 2 rings (SSSR count). The van der Waals surface area contributed by atoms with Gasteiger partial charge in [-0.3, -0.25) is 4.79 Å². The van der Waals surface area contributed by atoms with E-state index in [1.165, 1.54) is 11.8 Å². The van der Waals surface area contributed by atoms with Crippen LogP contribution in [0.25, 0.3) is 0 Å². The Morgan fingerprint density at radius 1 is 1.00 bits per heavy atom. The molecule has 0 bridgehead atoms. The summed E-state index contributed by atoms with van der Waals surface area (Å²) in [6.07, 6.45) is 0. The van der Waals surface area contributed by atoms with E-state index in [4.69, 9.17) is 23.2 Å². The fourth-order valence-electron chi connectivity index (χ4n) is 1.46. The maximum atomic E-state index is 12.0. The highest BCUT2D eigenvalue weighted by atomic mass is 35.5. The van der Waals surface area contributed by atoms with Crippen molar-refractivity contribution in [2.24, 2.45) is 0 Å². The summed E-state index contributed by atoms with van der Waals surface area (Å²) in [7, 11) is 0. The average Bonchev–Trinajstić information content (AvgIpc) is 2.40. The molecule has 92 valence electrons. The van der Waals surface area contributed by atoms with E-state index in [1.54, 1.807) is 18.2 Å². The lowest BCUT2D eigenvalue weighted by Crippen LogP contribution is -2.03. The molecule has 0 fully saturated rings. The van der Waals surface area contributed by atoms with Crippen LogP contribution in [0.1, 0.15) is 10.4 Å². The van der Waals surface area contributed by atoms with E-state index in [1.807, 2.05) is 30.3 Å². The summed E-state index contributed by atoms with van der Waals surface area (Å²) in [5.74, 6) is 0.334. The molecule has 0 radical (unpaired) electrons. The maximum absolute atomic E-state index is 12.0. The third-order valence-corrected chi connectivity index (χ3v) is 4.20. The summed E-state index contributed by atoms with van der Waals surface area (Å²) in [6.45, 7) is 0. The molecule has 0 N–H and O–H groups in total. The molecule has 0 aliphatic rings. The van der Waals surface area contributed by atoms with Gasteiger partial charge in [-0.1, -0.05) is 47.5 Å². The van der Waals surface area contributed by atoms with Crippen LogP contribution >= 0.6 is 35.0 Å². The Hall–Kier alpha value is -0.960. The van der Waals surface area contributed by atoms with E-state index in [9.17, 15) is 4.79 Å². The van der Waals surface area contributed by atoms with Crippen molar-refractivity contribution >= 4 is 40.7 Å². The van der Waals surface area contributed by atoms with Crippen LogP contribution in [0, 0.1) is 0 Å². The first-order valence-corrected chi connectivity index (χ1v) is 7.07. The number of hydrogen-bond donors (Lipinski definition) is 0. The first kappa shape index (κ1) is 13.5. The van der Waals surface area contributed by atoms with Gasteiger partial charge in [-0.05, 0) is 24.3 Å². The fourth-order valence-corrected chi connectivity index (χ4v) is 2.67. The minimum absolute atomic E-state index is 0.0173. The van der Waals surface area contributed by atoms with Gasteiger partial charge in [0.05, 0.1) is 15.8 Å². The van der Waals surface area contributed by atoms with Crippen molar-refractivity contribution in [3.05, 3.63) is 64.1 Å². The molecule has 4 heteroatoms. The van der Waals surface area contributed by atoms with Crippen LogP contribution in [0.5, 0.6) is 0 Å². The van der Waals surface area contributed by atoms with Crippen molar-refractivity contribution in [1.82, 2.24) is 0 Å². The number of carbonyl (C=O) groups is 1. The van der Waals surface area contributed by atoms with Gasteiger partial charge in [0.2, 0.25) is 0 Å². The molecule has 0 heterocycles. The zero-order valence-electron chi connectivity index (χ0n) is 9.40. The predicted octanol–water partition coefficient (Wildman–Crippen LogP) is 4.97. The molecule has 0 aliphatic carbocycles. The monoisotopic (exact) mass is 296 g/mol. The lowest BCUT2D eigenvalue weighted by Gasteiger charge is -2.04. The summed E-state index contributed by atoms with van der Waals surface area (Å²) in [5, 5.41) is 0.741. The molecule has 0 amide bonds. The Kier molecular flexibility index (Phi) is 4.70. The van der Waals surface area contributed by atoms with Gasteiger partial charge in [-0.25, -0.2) is 0 Å². The van der Waals surface area contributed by atoms with Crippen molar-refractivity contribution in [3.63, 3.8) is 0 Å². The molecule has 0 aromatic heterocycles. The minimum Gasteiger partial charge on any atom is -0.293 e. The minimum atomic E-state index is -0.0173. The summed E-state index contributed by atoms with van der Waals surface area (Å²) >= 11 is 13.4. The van der Waals surface area contributed by atoms with E-state index in [0.29, 0.717) is 21.4 Å². The summed E-state index contributed by atoms with van der Waals surface area (Å²) in [4.78, 5) is 13.1. The predicted molar refractivity (Wildman–Crippen MR) is 78.0 cm³/mol. The normalized spacial score (nSPS) is 10.3. The third kappa shape index (κ3) is 3.29. The van der Waals surface area contributed by atoms with Crippen molar-refractivity contribution in [1.29, 1.82) is 0 Å². The number of rotatable bonds is 4. The molecule has 0 unspecified atom stereocenters. The second-order valence-corrected chi connectivity index (χ2v) is 5.46. The van der Waals surface area contributed by atoms with E-state index < -0.39 is 0 Å². The number of Topliss-reactive ketones (excluding diaryl/α,β-unsaturated/α-hetero) is 1. The summed E-state index contributed by atoms with van der Waals surface area (Å²) < 4.78 is 0. The van der Waals surface area contributed by atoms with Gasteiger partial charge in [0.15, 0.2) is 5.78 Å². The van der Waals surface area contributed by atoms with Gasteiger partial charge in [0.1, 0.15) is 0 Å². The number of ketones is 1. The van der Waals surface area contributed by atoms with Gasteiger partial charge >= 0.3 is 0 Å². The quantitative estimate of drug-likeness (QED) is 0.585. The highest BCUT2D eigenvalue weighted by Gasteiger charge is 2.12. The van der Waals surface area contributed by atoms with Crippen LogP contribution in [0.3, 0.4) is 0 Å². The Bertz CT molecular complexity index is 555. The van der Waals surface area contributed by atoms with E-state index in [-0.39, 0.29) is 5.78 Å². The molecule has 0 atom stereocenters. The number of thioether (sulfide) groups is 1. The van der Waals surface area contributed by atoms with Crippen molar-refractivity contribution in [2.75, 3.05) is 5.75 Å². The number of carbonyl (C=O) groups excluding carboxylic acids is 1. The first-order chi connectivity index (χ1) is 8.68. The van der Waals surface area contributed by atoms with E-state index in [0.717, 1.165) is 4.90 Å². The number of halogens is 2. The van der Waals surface area contributed by atoms with Crippen molar-refractivity contribution in [2.45, 2.75) is 4.90 Å². The standard InChI is InChI=1S/C14H10Cl2OS/c15-12-8-4-7-11(14(12)16)13(17)9-18-10-5-2-1-3-6-10/h1-8H,9H2. The molecule has 2 aromatic carbocycles. The Balaban J connectivity index is 2.07. The molecule has 0 spiro atoms. The molecule has 0 saturated carbocycles. The second-order valence-electron chi connectivity index (χ2n) is 3.63. The largest absolute Gasteiger partial charge is 0.293 e. The van der Waals surface area contributed by atoms with E-state index >= 15 is 0 Å². The number of benzene rings is 2. The van der Waals surface area contributed by atoms with Gasteiger partial charge in [-0.2, -0.15) is 0 Å². The lowest BCUT2D eigenvalue weighted by atomic mass is 10.1. The molecule has 18 heavy (non-hydrogen) atoms. The van der Waals surface area contributed by atoms with Gasteiger partial charge < -0.3 is 0 Å². The Morgan fingerprint density at radius 3 is 2.44 bits per heavy atom. The van der Waals surface area contributed by atoms with Crippen LogP contribution in [-0.4, -0.2) is 11.5 Å². The topological polar surface area (TPSA) is 17.1 Å². The number of hydrogen-bond acceptors (Lipinski definition) is 2. The van der Waals surface area contributed by atoms with Crippen LogP contribution in [-0.2, 0) is 0 Å².